The van der Waals surface area contributed by atoms with Crippen molar-refractivity contribution in [3.63, 3.8) is 0 Å². The van der Waals surface area contributed by atoms with Crippen LogP contribution < -0.4 is 0 Å². The summed E-state index contributed by atoms with van der Waals surface area (Å²) in [6.07, 6.45) is -5.96. The highest BCUT2D eigenvalue weighted by Crippen LogP contribution is 2.68. The molecule has 0 aromatic heterocycles. The molecule has 5 rings (SSSR count). The molecule has 0 bridgehead atoms. The van der Waals surface area contributed by atoms with Crippen LogP contribution in [0.15, 0.2) is 73.3 Å². The number of benzene rings is 2. The minimum absolute atomic E-state index is 0.146. The van der Waals surface area contributed by atoms with Crippen molar-refractivity contribution in [3.8, 4) is 0 Å². The number of ether oxygens (including phenoxy) is 5. The number of ketones is 1. The third kappa shape index (κ3) is 6.42. The molecule has 10 atom stereocenters. The molecule has 1 N–H and O–H groups in total. The molecule has 0 radical (unpaired) electrons. The van der Waals surface area contributed by atoms with Crippen molar-refractivity contribution in [3.05, 3.63) is 84.4 Å². The van der Waals surface area contributed by atoms with Crippen LogP contribution in [-0.4, -0.2) is 76.9 Å². The normalized spacial score (nSPS) is 34.7. The Morgan fingerprint density at radius 3 is 1.71 bits per heavy atom. The Morgan fingerprint density at radius 2 is 1.23 bits per heavy atom. The van der Waals surface area contributed by atoms with Crippen LogP contribution in [0.1, 0.15) is 82.0 Å². The summed E-state index contributed by atoms with van der Waals surface area (Å²) in [5.74, 6) is -6.85. The average Bonchev–Trinajstić information content (AvgIpc) is 3.08. The van der Waals surface area contributed by atoms with Gasteiger partial charge in [-0.25, -0.2) is 9.59 Å². The largest absolute Gasteiger partial charge is 0.459 e. The number of hydrogen-bond donors (Lipinski definition) is 1. The van der Waals surface area contributed by atoms with Crippen molar-refractivity contribution in [2.75, 3.05) is 0 Å². The zero-order chi connectivity index (χ0) is 38.4. The highest BCUT2D eigenvalue weighted by molar-refractivity contribution is 5.97. The predicted octanol–water partition coefficient (Wildman–Crippen LogP) is 4.81. The summed E-state index contributed by atoms with van der Waals surface area (Å²) < 4.78 is 30.2. The van der Waals surface area contributed by atoms with E-state index in [9.17, 15) is 33.9 Å². The molecule has 52 heavy (non-hydrogen) atoms. The summed E-state index contributed by atoms with van der Waals surface area (Å²) in [6, 6.07) is 16.2. The van der Waals surface area contributed by atoms with Gasteiger partial charge in [0, 0.05) is 43.9 Å². The van der Waals surface area contributed by atoms with E-state index in [1.165, 1.54) is 25.1 Å². The smallest absolute Gasteiger partial charge is 0.338 e. The topological polar surface area (TPSA) is 169 Å². The zero-order valence-corrected chi connectivity index (χ0v) is 30.5. The van der Waals surface area contributed by atoms with Crippen LogP contribution in [0.4, 0.5) is 0 Å². The molecule has 3 saturated carbocycles. The summed E-state index contributed by atoms with van der Waals surface area (Å²) in [4.78, 5) is 80.9. The SMILES string of the molecule is C=C[C@@]1(C)C[C@@H](OC(=O)c2ccccc2)[C@H]2[C@](O)(C1=O)[C@H](OC(C)=O)C[C@H]1C(C)(C)[C@H](OC(C)=O)[C@@H](OC(C)=O)[C@H](OC(=O)c3ccccc3)[C@@]12C. The molecule has 12 nitrogen and oxygen atoms in total. The van der Waals surface area contributed by atoms with Gasteiger partial charge >= 0.3 is 29.8 Å². The minimum Gasteiger partial charge on any atom is -0.459 e. The van der Waals surface area contributed by atoms with Gasteiger partial charge < -0.3 is 28.8 Å². The van der Waals surface area contributed by atoms with Crippen LogP contribution in [-0.2, 0) is 42.9 Å². The molecule has 3 aliphatic rings. The van der Waals surface area contributed by atoms with Crippen molar-refractivity contribution in [2.45, 2.75) is 97.4 Å². The third-order valence-electron chi connectivity index (χ3n) is 11.4. The van der Waals surface area contributed by atoms with Gasteiger partial charge in [-0.3, -0.25) is 19.2 Å². The Kier molecular flexibility index (Phi) is 10.3. The van der Waals surface area contributed by atoms with Gasteiger partial charge in [-0.15, -0.1) is 6.58 Å². The average molecular weight is 719 g/mol. The number of hydrogen-bond acceptors (Lipinski definition) is 12. The van der Waals surface area contributed by atoms with E-state index in [2.05, 4.69) is 6.58 Å². The highest BCUT2D eigenvalue weighted by atomic mass is 16.6. The van der Waals surface area contributed by atoms with E-state index >= 15 is 0 Å². The maximum Gasteiger partial charge on any atom is 0.338 e. The number of Topliss-reactive ketones (excluding diaryl/α,β-unsaturated/α-hetero) is 1. The number of fused-ring (bicyclic) bond motifs is 3. The van der Waals surface area contributed by atoms with Crippen LogP contribution in [0, 0.1) is 28.1 Å². The fraction of sp³-hybridized carbons (Fsp3) is 0.500. The Hall–Kier alpha value is -4.84. The maximum absolute atomic E-state index is 14.8. The third-order valence-corrected chi connectivity index (χ3v) is 11.4. The monoisotopic (exact) mass is 718 g/mol. The van der Waals surface area contributed by atoms with Gasteiger partial charge in [0.05, 0.1) is 16.5 Å². The Labute approximate surface area is 302 Å². The first-order valence-electron chi connectivity index (χ1n) is 17.3. The first-order chi connectivity index (χ1) is 24.3. The summed E-state index contributed by atoms with van der Waals surface area (Å²) in [7, 11) is 0. The van der Waals surface area contributed by atoms with Crippen LogP contribution in [0.25, 0.3) is 0 Å². The number of esters is 5. The van der Waals surface area contributed by atoms with Gasteiger partial charge in [-0.2, -0.15) is 0 Å². The first kappa shape index (κ1) is 38.4. The summed E-state index contributed by atoms with van der Waals surface area (Å²) in [5.41, 5.74) is -6.47. The second-order valence-electron chi connectivity index (χ2n) is 15.1. The van der Waals surface area contributed by atoms with E-state index in [1.807, 2.05) is 0 Å². The lowest BCUT2D eigenvalue weighted by molar-refractivity contribution is -0.314. The number of aliphatic hydroxyl groups is 1. The number of carbonyl (C=O) groups is 6. The van der Waals surface area contributed by atoms with E-state index in [1.54, 1.807) is 76.2 Å². The molecule has 0 amide bonds. The highest BCUT2D eigenvalue weighted by Gasteiger charge is 2.79. The number of rotatable bonds is 8. The van der Waals surface area contributed by atoms with Gasteiger partial charge in [-0.1, -0.05) is 63.2 Å². The molecule has 0 unspecified atom stereocenters. The second-order valence-corrected chi connectivity index (χ2v) is 15.1. The van der Waals surface area contributed by atoms with Crippen LogP contribution >= 0.6 is 0 Å². The molecule has 3 aliphatic carbocycles. The Bertz CT molecular complexity index is 1750. The molecule has 2 aromatic carbocycles. The van der Waals surface area contributed by atoms with Gasteiger partial charge in [0.1, 0.15) is 24.4 Å². The summed E-state index contributed by atoms with van der Waals surface area (Å²) >= 11 is 0. The molecule has 3 fully saturated rings. The molecular weight excluding hydrogens is 672 g/mol. The van der Waals surface area contributed by atoms with E-state index in [-0.39, 0.29) is 24.0 Å². The molecule has 0 aliphatic heterocycles. The van der Waals surface area contributed by atoms with E-state index < -0.39 is 99.8 Å². The van der Waals surface area contributed by atoms with Crippen LogP contribution in [0.2, 0.25) is 0 Å². The van der Waals surface area contributed by atoms with E-state index in [4.69, 9.17) is 23.7 Å². The van der Waals surface area contributed by atoms with Crippen molar-refractivity contribution in [1.82, 2.24) is 0 Å². The lowest BCUT2D eigenvalue weighted by Gasteiger charge is -2.69. The van der Waals surface area contributed by atoms with Gasteiger partial charge in [0.25, 0.3) is 0 Å². The lowest BCUT2D eigenvalue weighted by Crippen LogP contribution is -2.81. The molecule has 0 saturated heterocycles. The Morgan fingerprint density at radius 1 is 0.731 bits per heavy atom. The lowest BCUT2D eigenvalue weighted by atomic mass is 9.38. The first-order valence-corrected chi connectivity index (χ1v) is 17.3. The molecular formula is C40H46O12. The van der Waals surface area contributed by atoms with Crippen LogP contribution in [0.3, 0.4) is 0 Å². The summed E-state index contributed by atoms with van der Waals surface area (Å²) in [6.45, 7) is 14.1. The fourth-order valence-electron chi connectivity index (χ4n) is 9.28. The fourth-order valence-corrected chi connectivity index (χ4v) is 9.28. The van der Waals surface area contributed by atoms with Crippen molar-refractivity contribution in [2.24, 2.45) is 28.1 Å². The van der Waals surface area contributed by atoms with Gasteiger partial charge in [0.2, 0.25) is 0 Å². The van der Waals surface area contributed by atoms with Crippen molar-refractivity contribution < 1.29 is 57.6 Å². The standard InChI is InChI=1S/C40H46O12/c1-9-38(7)21-27(51-34(44)25-16-12-10-13-17-25)31-39(8)28(20-29(48-22(2)41)40(31,47)36(38)46)37(5,6)32(50-24(4)43)30(49-23(3)42)33(39)52-35(45)26-18-14-11-15-19-26/h9-19,27-33,47H,1,20-21H2,2-8H3/t27-,28+,29-,30-,31-,32-,33+,38+,39+,40+/m1/s1. The summed E-state index contributed by atoms with van der Waals surface area (Å²) in [5, 5.41) is 13.1. The number of allylic oxidation sites excluding steroid dienone is 1. The van der Waals surface area contributed by atoms with Gasteiger partial charge in [0.15, 0.2) is 17.5 Å². The predicted molar refractivity (Wildman–Crippen MR) is 184 cm³/mol. The van der Waals surface area contributed by atoms with Crippen molar-refractivity contribution >= 4 is 35.6 Å². The molecule has 278 valence electrons. The number of carbonyl (C=O) groups excluding carboxylic acids is 6. The minimum atomic E-state index is -2.55. The Balaban J connectivity index is 1.82. The molecule has 2 aromatic rings. The van der Waals surface area contributed by atoms with E-state index in [0.29, 0.717) is 0 Å². The van der Waals surface area contributed by atoms with Crippen LogP contribution in [0.5, 0.6) is 0 Å². The molecule has 0 spiro atoms. The quantitative estimate of drug-likeness (QED) is 0.225. The molecule has 12 heteroatoms. The zero-order valence-electron chi connectivity index (χ0n) is 30.5. The van der Waals surface area contributed by atoms with Gasteiger partial charge in [-0.05, 0) is 43.5 Å². The molecule has 0 heterocycles. The second kappa shape index (κ2) is 13.9. The van der Waals surface area contributed by atoms with E-state index in [0.717, 1.165) is 13.8 Å². The maximum atomic E-state index is 14.8. The van der Waals surface area contributed by atoms with Crippen molar-refractivity contribution in [1.29, 1.82) is 0 Å².